The van der Waals surface area contributed by atoms with E-state index in [1.165, 1.54) is 0 Å². The molecule has 0 spiro atoms. The summed E-state index contributed by atoms with van der Waals surface area (Å²) in [5.41, 5.74) is 0.953. The van der Waals surface area contributed by atoms with Crippen molar-refractivity contribution in [3.63, 3.8) is 0 Å². The van der Waals surface area contributed by atoms with E-state index in [0.717, 1.165) is 20.5 Å². The fourth-order valence-electron chi connectivity index (χ4n) is 1.28. The molecule has 2 aromatic rings. The van der Waals surface area contributed by atoms with Crippen molar-refractivity contribution >= 4 is 49.3 Å². The van der Waals surface area contributed by atoms with Crippen molar-refractivity contribution in [2.24, 2.45) is 0 Å². The molecule has 1 aromatic heterocycles. The van der Waals surface area contributed by atoms with Gasteiger partial charge in [0.25, 0.3) is 0 Å². The van der Waals surface area contributed by atoms with Gasteiger partial charge in [0.15, 0.2) is 0 Å². The minimum atomic E-state index is 0.586. The number of aromatic nitrogens is 2. The molecule has 0 bridgehead atoms. The predicted octanol–water partition coefficient (Wildman–Crippen LogP) is 3.79. The SMILES string of the molecule is CNc1nccc(Nc2ccc(Br)cc2Br)n1. The zero-order chi connectivity index (χ0) is 12.3. The predicted molar refractivity (Wildman–Crippen MR) is 76.7 cm³/mol. The van der Waals surface area contributed by atoms with Gasteiger partial charge in [-0.05, 0) is 40.2 Å². The lowest BCUT2D eigenvalue weighted by molar-refractivity contribution is 1.15. The Kier molecular flexibility index (Phi) is 3.96. The van der Waals surface area contributed by atoms with Crippen molar-refractivity contribution in [1.29, 1.82) is 0 Å². The molecular weight excluding hydrogens is 348 g/mol. The van der Waals surface area contributed by atoms with E-state index >= 15 is 0 Å². The summed E-state index contributed by atoms with van der Waals surface area (Å²) >= 11 is 6.90. The summed E-state index contributed by atoms with van der Waals surface area (Å²) in [4.78, 5) is 8.34. The van der Waals surface area contributed by atoms with Crippen LogP contribution in [0.3, 0.4) is 0 Å². The van der Waals surface area contributed by atoms with Crippen molar-refractivity contribution in [2.75, 3.05) is 17.7 Å². The third-order valence-corrected chi connectivity index (χ3v) is 3.22. The quantitative estimate of drug-likeness (QED) is 0.877. The van der Waals surface area contributed by atoms with Gasteiger partial charge >= 0.3 is 0 Å². The van der Waals surface area contributed by atoms with Crippen LogP contribution in [0.25, 0.3) is 0 Å². The fraction of sp³-hybridized carbons (Fsp3) is 0.0909. The van der Waals surface area contributed by atoms with E-state index in [1.807, 2.05) is 24.3 Å². The summed E-state index contributed by atoms with van der Waals surface area (Å²) < 4.78 is 1.99. The topological polar surface area (TPSA) is 49.8 Å². The second-order valence-electron chi connectivity index (χ2n) is 3.26. The molecule has 0 aliphatic rings. The number of anilines is 3. The van der Waals surface area contributed by atoms with Gasteiger partial charge < -0.3 is 10.6 Å². The van der Waals surface area contributed by atoms with Gasteiger partial charge in [0, 0.05) is 22.2 Å². The lowest BCUT2D eigenvalue weighted by Gasteiger charge is -2.08. The van der Waals surface area contributed by atoms with Crippen LogP contribution in [0, 0.1) is 0 Å². The number of hydrogen-bond donors (Lipinski definition) is 2. The maximum atomic E-state index is 4.28. The van der Waals surface area contributed by atoms with Crippen molar-refractivity contribution in [1.82, 2.24) is 9.97 Å². The first-order valence-corrected chi connectivity index (χ1v) is 6.50. The molecule has 0 aliphatic heterocycles. The molecule has 0 saturated carbocycles. The molecule has 0 fully saturated rings. The summed E-state index contributed by atoms with van der Waals surface area (Å²) in [5.74, 6) is 1.33. The molecule has 2 rings (SSSR count). The Hall–Kier alpha value is -1.14. The summed E-state index contributed by atoms with van der Waals surface area (Å²) in [7, 11) is 1.79. The third kappa shape index (κ3) is 3.17. The van der Waals surface area contributed by atoms with Crippen LogP contribution in [0.5, 0.6) is 0 Å². The van der Waals surface area contributed by atoms with Crippen LogP contribution in [0.15, 0.2) is 39.4 Å². The lowest BCUT2D eigenvalue weighted by atomic mass is 10.3. The van der Waals surface area contributed by atoms with E-state index in [0.29, 0.717) is 5.95 Å². The number of hydrogen-bond acceptors (Lipinski definition) is 4. The molecule has 0 unspecified atom stereocenters. The van der Waals surface area contributed by atoms with Gasteiger partial charge in [-0.1, -0.05) is 15.9 Å². The van der Waals surface area contributed by atoms with E-state index in [-0.39, 0.29) is 0 Å². The van der Waals surface area contributed by atoms with Gasteiger partial charge in [0.1, 0.15) is 5.82 Å². The number of benzene rings is 1. The monoisotopic (exact) mass is 356 g/mol. The molecule has 0 radical (unpaired) electrons. The fourth-order valence-corrected chi connectivity index (χ4v) is 2.42. The molecule has 0 saturated heterocycles. The Morgan fingerprint density at radius 1 is 1.18 bits per heavy atom. The largest absolute Gasteiger partial charge is 0.357 e. The summed E-state index contributed by atoms with van der Waals surface area (Å²) in [6.45, 7) is 0. The van der Waals surface area contributed by atoms with Gasteiger partial charge in [-0.2, -0.15) is 4.98 Å². The van der Waals surface area contributed by atoms with Crippen molar-refractivity contribution < 1.29 is 0 Å². The molecule has 2 N–H and O–H groups in total. The van der Waals surface area contributed by atoms with Crippen LogP contribution < -0.4 is 10.6 Å². The highest BCUT2D eigenvalue weighted by Gasteiger charge is 2.02. The Morgan fingerprint density at radius 3 is 2.71 bits per heavy atom. The van der Waals surface area contributed by atoms with Gasteiger partial charge in [0.2, 0.25) is 5.95 Å². The van der Waals surface area contributed by atoms with Crippen molar-refractivity contribution in [3.8, 4) is 0 Å². The Balaban J connectivity index is 2.25. The first-order valence-electron chi connectivity index (χ1n) is 4.92. The first-order chi connectivity index (χ1) is 8.19. The molecule has 0 amide bonds. The third-order valence-electron chi connectivity index (χ3n) is 2.07. The van der Waals surface area contributed by atoms with Crippen LogP contribution in [0.4, 0.5) is 17.5 Å². The normalized spacial score (nSPS) is 10.1. The molecule has 4 nitrogen and oxygen atoms in total. The molecular formula is C11H10Br2N4. The zero-order valence-corrected chi connectivity index (χ0v) is 12.2. The first kappa shape index (κ1) is 12.3. The highest BCUT2D eigenvalue weighted by molar-refractivity contribution is 9.11. The van der Waals surface area contributed by atoms with Gasteiger partial charge in [-0.25, -0.2) is 4.98 Å². The molecule has 1 heterocycles. The van der Waals surface area contributed by atoms with Crippen LogP contribution in [-0.4, -0.2) is 17.0 Å². The average molecular weight is 358 g/mol. The molecule has 6 heteroatoms. The van der Waals surface area contributed by atoms with E-state index in [1.54, 1.807) is 13.2 Å². The van der Waals surface area contributed by atoms with Crippen LogP contribution in [-0.2, 0) is 0 Å². The number of rotatable bonds is 3. The second kappa shape index (κ2) is 5.46. The van der Waals surface area contributed by atoms with E-state index in [9.17, 15) is 0 Å². The van der Waals surface area contributed by atoms with Crippen LogP contribution >= 0.6 is 31.9 Å². The van der Waals surface area contributed by atoms with Crippen molar-refractivity contribution in [2.45, 2.75) is 0 Å². The Morgan fingerprint density at radius 2 is 2.00 bits per heavy atom. The minimum Gasteiger partial charge on any atom is -0.357 e. The number of halogens is 2. The molecule has 0 atom stereocenters. The number of nitrogens with zero attached hydrogens (tertiary/aromatic N) is 2. The highest BCUT2D eigenvalue weighted by atomic mass is 79.9. The number of nitrogens with one attached hydrogen (secondary N) is 2. The summed E-state index contributed by atoms with van der Waals surface area (Å²) in [6.07, 6.45) is 1.70. The van der Waals surface area contributed by atoms with Crippen LogP contribution in [0.1, 0.15) is 0 Å². The van der Waals surface area contributed by atoms with Crippen LogP contribution in [0.2, 0.25) is 0 Å². The molecule has 17 heavy (non-hydrogen) atoms. The second-order valence-corrected chi connectivity index (χ2v) is 5.03. The van der Waals surface area contributed by atoms with Crippen molar-refractivity contribution in [3.05, 3.63) is 39.4 Å². The van der Waals surface area contributed by atoms with E-state index < -0.39 is 0 Å². The maximum Gasteiger partial charge on any atom is 0.224 e. The summed E-state index contributed by atoms with van der Waals surface area (Å²) in [6, 6.07) is 7.72. The van der Waals surface area contributed by atoms with Gasteiger partial charge in [-0.15, -0.1) is 0 Å². The molecule has 88 valence electrons. The highest BCUT2D eigenvalue weighted by Crippen LogP contribution is 2.28. The van der Waals surface area contributed by atoms with Gasteiger partial charge in [-0.3, -0.25) is 0 Å². The average Bonchev–Trinajstić information content (AvgIpc) is 2.33. The van der Waals surface area contributed by atoms with Gasteiger partial charge in [0.05, 0.1) is 5.69 Å². The lowest BCUT2D eigenvalue weighted by Crippen LogP contribution is -2.00. The maximum absolute atomic E-state index is 4.28. The minimum absolute atomic E-state index is 0.586. The Bertz CT molecular complexity index is 531. The molecule has 0 aliphatic carbocycles. The molecule has 1 aromatic carbocycles. The van der Waals surface area contributed by atoms with E-state index in [4.69, 9.17) is 0 Å². The smallest absolute Gasteiger partial charge is 0.224 e. The zero-order valence-electron chi connectivity index (χ0n) is 9.04. The summed E-state index contributed by atoms with van der Waals surface area (Å²) in [5, 5.41) is 6.11. The van der Waals surface area contributed by atoms with E-state index in [2.05, 4.69) is 52.5 Å². The Labute approximate surface area is 116 Å². The standard InChI is InChI=1S/C11H10Br2N4/c1-14-11-15-5-4-10(17-11)16-9-3-2-7(12)6-8(9)13/h2-6H,1H3,(H2,14,15,16,17).